The molecule has 0 aliphatic rings. The van der Waals surface area contributed by atoms with Crippen molar-refractivity contribution in [1.82, 2.24) is 14.9 Å². The number of aromatic nitrogens is 2. The number of nitrogens with zero attached hydrogens (tertiary/aromatic N) is 2. The molecular weight excluding hydrogens is 276 g/mol. The van der Waals surface area contributed by atoms with E-state index < -0.39 is 11.6 Å². The SMILES string of the molecule is COc1ccc(F)c(F)c1CNCCCn1ccnc1C. The third-order valence-electron chi connectivity index (χ3n) is 3.35. The van der Waals surface area contributed by atoms with Gasteiger partial charge in [-0.15, -0.1) is 0 Å². The first-order valence-corrected chi connectivity index (χ1v) is 6.82. The summed E-state index contributed by atoms with van der Waals surface area (Å²) < 4.78 is 34.1. The zero-order valence-corrected chi connectivity index (χ0v) is 12.2. The van der Waals surface area contributed by atoms with Gasteiger partial charge in [-0.25, -0.2) is 13.8 Å². The number of nitrogens with one attached hydrogen (secondary N) is 1. The molecule has 0 amide bonds. The molecule has 4 nitrogen and oxygen atoms in total. The number of aryl methyl sites for hydroxylation is 2. The number of benzene rings is 1. The predicted molar refractivity (Wildman–Crippen MR) is 76.2 cm³/mol. The fourth-order valence-electron chi connectivity index (χ4n) is 2.16. The minimum atomic E-state index is -0.860. The van der Waals surface area contributed by atoms with Crippen molar-refractivity contribution in [3.8, 4) is 5.75 Å². The molecule has 1 N–H and O–H groups in total. The molecule has 0 bridgehead atoms. The van der Waals surface area contributed by atoms with Crippen LogP contribution in [0.1, 0.15) is 17.8 Å². The summed E-state index contributed by atoms with van der Waals surface area (Å²) in [5, 5.41) is 3.11. The lowest BCUT2D eigenvalue weighted by molar-refractivity contribution is 0.394. The standard InChI is InChI=1S/C15H19F2N3O/c1-11-19-7-9-20(11)8-3-6-18-10-12-14(21-2)5-4-13(16)15(12)17/h4-5,7,9,18H,3,6,8,10H2,1-2H3. The lowest BCUT2D eigenvalue weighted by Crippen LogP contribution is -2.18. The molecule has 0 atom stereocenters. The van der Waals surface area contributed by atoms with Crippen molar-refractivity contribution in [1.29, 1.82) is 0 Å². The fraction of sp³-hybridized carbons (Fsp3) is 0.400. The zero-order chi connectivity index (χ0) is 15.2. The lowest BCUT2D eigenvalue weighted by Gasteiger charge is -2.11. The number of halogens is 2. The molecule has 0 saturated carbocycles. The number of hydrogen-bond donors (Lipinski definition) is 1. The molecule has 0 aliphatic carbocycles. The van der Waals surface area contributed by atoms with E-state index >= 15 is 0 Å². The Kier molecular flexibility index (Phi) is 5.27. The van der Waals surface area contributed by atoms with Crippen molar-refractivity contribution >= 4 is 0 Å². The Labute approximate surface area is 122 Å². The van der Waals surface area contributed by atoms with Crippen LogP contribution in [0.15, 0.2) is 24.5 Å². The minimum Gasteiger partial charge on any atom is -0.496 e. The average Bonchev–Trinajstić information content (AvgIpc) is 2.88. The first-order valence-electron chi connectivity index (χ1n) is 6.82. The van der Waals surface area contributed by atoms with Gasteiger partial charge in [-0.05, 0) is 32.0 Å². The number of methoxy groups -OCH3 is 1. The summed E-state index contributed by atoms with van der Waals surface area (Å²) in [5.74, 6) is -0.395. The molecule has 0 spiro atoms. The third kappa shape index (κ3) is 3.78. The summed E-state index contributed by atoms with van der Waals surface area (Å²) in [6.45, 7) is 3.70. The molecule has 2 rings (SSSR count). The molecule has 2 aromatic rings. The monoisotopic (exact) mass is 295 g/mol. The maximum atomic E-state index is 13.7. The normalized spacial score (nSPS) is 10.9. The second kappa shape index (κ2) is 7.17. The van der Waals surface area contributed by atoms with Gasteiger partial charge >= 0.3 is 0 Å². The van der Waals surface area contributed by atoms with Crippen LogP contribution >= 0.6 is 0 Å². The Morgan fingerprint density at radius 3 is 2.81 bits per heavy atom. The second-order valence-corrected chi connectivity index (χ2v) is 4.74. The van der Waals surface area contributed by atoms with E-state index in [1.165, 1.54) is 13.2 Å². The van der Waals surface area contributed by atoms with Crippen molar-refractivity contribution in [3.05, 3.63) is 47.5 Å². The molecule has 114 valence electrons. The van der Waals surface area contributed by atoms with Crippen LogP contribution in [-0.4, -0.2) is 23.2 Å². The molecule has 0 fully saturated rings. The van der Waals surface area contributed by atoms with Gasteiger partial charge in [0.15, 0.2) is 11.6 Å². The van der Waals surface area contributed by atoms with Crippen molar-refractivity contribution < 1.29 is 13.5 Å². The van der Waals surface area contributed by atoms with Crippen LogP contribution in [-0.2, 0) is 13.1 Å². The van der Waals surface area contributed by atoms with Crippen molar-refractivity contribution in [3.63, 3.8) is 0 Å². The van der Waals surface area contributed by atoms with Crippen LogP contribution in [0.5, 0.6) is 5.75 Å². The van der Waals surface area contributed by atoms with Crippen LogP contribution < -0.4 is 10.1 Å². The highest BCUT2D eigenvalue weighted by Crippen LogP contribution is 2.23. The highest BCUT2D eigenvalue weighted by molar-refractivity contribution is 5.35. The summed E-state index contributed by atoms with van der Waals surface area (Å²) in [4.78, 5) is 4.14. The van der Waals surface area contributed by atoms with Crippen LogP contribution in [0, 0.1) is 18.6 Å². The molecule has 0 unspecified atom stereocenters. The van der Waals surface area contributed by atoms with Crippen molar-refractivity contribution in [2.24, 2.45) is 0 Å². The second-order valence-electron chi connectivity index (χ2n) is 4.74. The molecule has 0 aliphatic heterocycles. The smallest absolute Gasteiger partial charge is 0.167 e. The largest absolute Gasteiger partial charge is 0.496 e. The van der Waals surface area contributed by atoms with Crippen LogP contribution in [0.2, 0.25) is 0 Å². The van der Waals surface area contributed by atoms with Gasteiger partial charge in [-0.1, -0.05) is 0 Å². The van der Waals surface area contributed by atoms with Gasteiger partial charge in [0, 0.05) is 31.0 Å². The van der Waals surface area contributed by atoms with E-state index in [1.54, 1.807) is 6.20 Å². The highest BCUT2D eigenvalue weighted by atomic mass is 19.2. The first-order chi connectivity index (χ1) is 10.1. The summed E-state index contributed by atoms with van der Waals surface area (Å²) >= 11 is 0. The summed E-state index contributed by atoms with van der Waals surface area (Å²) in [5.41, 5.74) is 0.219. The van der Waals surface area contributed by atoms with Gasteiger partial charge in [0.05, 0.1) is 7.11 Å². The fourth-order valence-corrected chi connectivity index (χ4v) is 2.16. The van der Waals surface area contributed by atoms with Crippen molar-refractivity contribution in [2.45, 2.75) is 26.4 Å². The van der Waals surface area contributed by atoms with E-state index in [0.717, 1.165) is 24.9 Å². The van der Waals surface area contributed by atoms with Gasteiger partial charge in [0.1, 0.15) is 11.6 Å². The van der Waals surface area contributed by atoms with Crippen LogP contribution in [0.4, 0.5) is 8.78 Å². The topological polar surface area (TPSA) is 39.1 Å². The van der Waals surface area contributed by atoms with E-state index in [4.69, 9.17) is 4.74 Å². The number of imidazole rings is 1. The average molecular weight is 295 g/mol. The summed E-state index contributed by atoms with van der Waals surface area (Å²) in [6.07, 6.45) is 4.55. The Bertz CT molecular complexity index is 599. The zero-order valence-electron chi connectivity index (χ0n) is 12.2. The third-order valence-corrected chi connectivity index (χ3v) is 3.35. The maximum Gasteiger partial charge on any atom is 0.167 e. The molecule has 1 aromatic heterocycles. The molecule has 21 heavy (non-hydrogen) atoms. The molecule has 6 heteroatoms. The van der Waals surface area contributed by atoms with E-state index in [-0.39, 0.29) is 12.1 Å². The quantitative estimate of drug-likeness (QED) is 0.798. The van der Waals surface area contributed by atoms with Crippen LogP contribution in [0.25, 0.3) is 0 Å². The highest BCUT2D eigenvalue weighted by Gasteiger charge is 2.13. The van der Waals surface area contributed by atoms with E-state index in [2.05, 4.69) is 10.3 Å². The Morgan fingerprint density at radius 1 is 1.33 bits per heavy atom. The van der Waals surface area contributed by atoms with E-state index in [9.17, 15) is 8.78 Å². The molecule has 0 radical (unpaired) electrons. The van der Waals surface area contributed by atoms with Gasteiger partial charge in [0.25, 0.3) is 0 Å². The minimum absolute atomic E-state index is 0.219. The van der Waals surface area contributed by atoms with Gasteiger partial charge < -0.3 is 14.6 Å². The predicted octanol–water partition coefficient (Wildman–Crippen LogP) is 2.66. The molecule has 1 aromatic carbocycles. The molecular formula is C15H19F2N3O. The molecule has 0 saturated heterocycles. The van der Waals surface area contributed by atoms with E-state index in [0.29, 0.717) is 12.3 Å². The summed E-state index contributed by atoms with van der Waals surface area (Å²) in [6, 6.07) is 2.50. The van der Waals surface area contributed by atoms with Gasteiger partial charge in [0.2, 0.25) is 0 Å². The number of ether oxygens (including phenoxy) is 1. The Hall–Kier alpha value is -1.95. The van der Waals surface area contributed by atoms with Crippen molar-refractivity contribution in [2.75, 3.05) is 13.7 Å². The number of rotatable bonds is 7. The van der Waals surface area contributed by atoms with E-state index in [1.807, 2.05) is 17.7 Å². The lowest BCUT2D eigenvalue weighted by atomic mass is 10.1. The van der Waals surface area contributed by atoms with Gasteiger partial charge in [-0.2, -0.15) is 0 Å². The first kappa shape index (κ1) is 15.4. The van der Waals surface area contributed by atoms with Gasteiger partial charge in [-0.3, -0.25) is 0 Å². The maximum absolute atomic E-state index is 13.7. The Morgan fingerprint density at radius 2 is 2.14 bits per heavy atom. The van der Waals surface area contributed by atoms with Crippen LogP contribution in [0.3, 0.4) is 0 Å². The number of hydrogen-bond acceptors (Lipinski definition) is 3. The summed E-state index contributed by atoms with van der Waals surface area (Å²) in [7, 11) is 1.44. The molecule has 1 heterocycles. The Balaban J connectivity index is 1.84.